The highest BCUT2D eigenvalue weighted by Gasteiger charge is 2.27. The van der Waals surface area contributed by atoms with E-state index in [4.69, 9.17) is 10.2 Å². The summed E-state index contributed by atoms with van der Waals surface area (Å²) < 4.78 is 4.27. The highest BCUT2D eigenvalue weighted by molar-refractivity contribution is 6.02. The van der Waals surface area contributed by atoms with Gasteiger partial charge in [-0.25, -0.2) is 9.80 Å². The van der Waals surface area contributed by atoms with Crippen LogP contribution in [-0.4, -0.2) is 54.4 Å². The molecule has 3 aromatic rings. The third-order valence-corrected chi connectivity index (χ3v) is 5.17. The maximum atomic E-state index is 13.2. The van der Waals surface area contributed by atoms with Crippen molar-refractivity contribution < 1.29 is 10.2 Å². The number of nitrogens with zero attached hydrogens (tertiary/aromatic N) is 6. The lowest BCUT2D eigenvalue weighted by molar-refractivity contribution is 0.277. The zero-order valence-electron chi connectivity index (χ0n) is 16.7. The summed E-state index contributed by atoms with van der Waals surface area (Å²) in [4.78, 5) is 30.5. The molecule has 0 unspecified atom stereocenters. The Hall–Kier alpha value is -3.24. The van der Waals surface area contributed by atoms with E-state index in [0.29, 0.717) is 43.0 Å². The second-order valence-electron chi connectivity index (χ2n) is 7.16. The Kier molecular flexibility index (Phi) is 5.51. The number of aryl methyl sites for hydroxylation is 1. The Bertz CT molecular complexity index is 1210. The van der Waals surface area contributed by atoms with Crippen LogP contribution in [0.25, 0.3) is 11.2 Å². The molecular formula is C20H24N6O4. The predicted molar refractivity (Wildman–Crippen MR) is 113 cm³/mol. The number of aromatic nitrogens is 4. The van der Waals surface area contributed by atoms with E-state index in [9.17, 15) is 14.7 Å². The number of imidazole rings is 1. The largest absolute Gasteiger partial charge is 0.396 e. The molecule has 0 saturated heterocycles. The highest BCUT2D eigenvalue weighted by Crippen LogP contribution is 2.25. The van der Waals surface area contributed by atoms with Gasteiger partial charge in [0.15, 0.2) is 11.2 Å². The number of rotatable bonds is 7. The fourth-order valence-corrected chi connectivity index (χ4v) is 3.65. The van der Waals surface area contributed by atoms with E-state index in [1.165, 1.54) is 4.57 Å². The second kappa shape index (κ2) is 8.25. The molecule has 4 rings (SSSR count). The topological polar surface area (TPSA) is 118 Å². The lowest BCUT2D eigenvalue weighted by Gasteiger charge is -2.26. The number of hydrogen-bond acceptors (Lipinski definition) is 7. The molecule has 0 fully saturated rings. The van der Waals surface area contributed by atoms with E-state index in [1.807, 2.05) is 30.3 Å². The molecule has 30 heavy (non-hydrogen) atoms. The Morgan fingerprint density at radius 2 is 1.73 bits per heavy atom. The first kappa shape index (κ1) is 20.0. The molecule has 2 aromatic heterocycles. The third-order valence-electron chi connectivity index (χ3n) is 5.17. The summed E-state index contributed by atoms with van der Waals surface area (Å²) in [5.74, 6) is 0.463. The highest BCUT2D eigenvalue weighted by atomic mass is 16.3. The number of aliphatic hydroxyl groups is 2. The first-order valence-electron chi connectivity index (χ1n) is 9.89. The van der Waals surface area contributed by atoms with E-state index in [-0.39, 0.29) is 19.8 Å². The molecule has 1 aliphatic rings. The molecule has 3 heterocycles. The van der Waals surface area contributed by atoms with Crippen LogP contribution < -0.4 is 16.3 Å². The van der Waals surface area contributed by atoms with Crippen molar-refractivity contribution in [3.05, 3.63) is 56.7 Å². The third kappa shape index (κ3) is 3.33. The quantitative estimate of drug-likeness (QED) is 0.559. The predicted octanol–water partition coefficient (Wildman–Crippen LogP) is -0.114. The Morgan fingerprint density at radius 1 is 1.03 bits per heavy atom. The van der Waals surface area contributed by atoms with Crippen LogP contribution in [-0.2, 0) is 20.1 Å². The van der Waals surface area contributed by atoms with E-state index in [0.717, 1.165) is 15.8 Å². The minimum absolute atomic E-state index is 0.000625. The van der Waals surface area contributed by atoms with Crippen LogP contribution in [0.2, 0.25) is 0 Å². The van der Waals surface area contributed by atoms with Crippen molar-refractivity contribution in [3.63, 3.8) is 0 Å². The maximum absolute atomic E-state index is 13.2. The van der Waals surface area contributed by atoms with Crippen LogP contribution in [0, 0.1) is 0 Å². The Morgan fingerprint density at radius 3 is 2.43 bits per heavy atom. The summed E-state index contributed by atoms with van der Waals surface area (Å²) in [5, 5.41) is 24.8. The van der Waals surface area contributed by atoms with Gasteiger partial charge in [-0.15, -0.1) is 0 Å². The molecule has 10 heteroatoms. The van der Waals surface area contributed by atoms with Gasteiger partial charge in [0.05, 0.1) is 12.3 Å². The summed E-state index contributed by atoms with van der Waals surface area (Å²) in [6.45, 7) is 0.769. The summed E-state index contributed by atoms with van der Waals surface area (Å²) in [6, 6.07) is 9.65. The number of anilines is 1. The number of hydrogen-bond donors (Lipinski definition) is 2. The van der Waals surface area contributed by atoms with Crippen LogP contribution in [0.3, 0.4) is 0 Å². The van der Waals surface area contributed by atoms with Gasteiger partial charge in [0.2, 0.25) is 5.95 Å². The average molecular weight is 412 g/mol. The number of benzene rings is 1. The molecular weight excluding hydrogens is 388 g/mol. The molecule has 0 aliphatic carbocycles. The minimum Gasteiger partial charge on any atom is -0.396 e. The van der Waals surface area contributed by atoms with Gasteiger partial charge in [-0.3, -0.25) is 18.5 Å². The van der Waals surface area contributed by atoms with Crippen LogP contribution in [0.4, 0.5) is 5.95 Å². The summed E-state index contributed by atoms with van der Waals surface area (Å²) >= 11 is 0. The van der Waals surface area contributed by atoms with E-state index >= 15 is 0 Å². The summed E-state index contributed by atoms with van der Waals surface area (Å²) in [7, 11) is 1.58. The van der Waals surface area contributed by atoms with Crippen molar-refractivity contribution in [1.82, 2.24) is 18.7 Å². The molecule has 10 nitrogen and oxygen atoms in total. The second-order valence-corrected chi connectivity index (χ2v) is 7.16. The van der Waals surface area contributed by atoms with E-state index in [2.05, 4.69) is 4.98 Å². The number of aliphatic hydroxyl groups excluding tert-OH is 2. The van der Waals surface area contributed by atoms with E-state index < -0.39 is 11.2 Å². The number of fused-ring (bicyclic) bond motifs is 3. The monoisotopic (exact) mass is 412 g/mol. The SMILES string of the molecule is Cn1c(=O)n(CCCO)c(=O)c2c1nc1n2CC(c2ccccc2)=NN1CCCO. The van der Waals surface area contributed by atoms with Crippen molar-refractivity contribution in [2.45, 2.75) is 25.9 Å². The van der Waals surface area contributed by atoms with Gasteiger partial charge >= 0.3 is 5.69 Å². The fourth-order valence-electron chi connectivity index (χ4n) is 3.65. The molecule has 0 radical (unpaired) electrons. The summed E-state index contributed by atoms with van der Waals surface area (Å²) in [5.41, 5.74) is 1.39. The zero-order valence-corrected chi connectivity index (χ0v) is 16.7. The smallest absolute Gasteiger partial charge is 0.332 e. The fraction of sp³-hybridized carbons (Fsp3) is 0.400. The van der Waals surface area contributed by atoms with Gasteiger partial charge in [-0.1, -0.05) is 30.3 Å². The van der Waals surface area contributed by atoms with Crippen molar-refractivity contribution in [2.24, 2.45) is 12.1 Å². The molecule has 0 spiro atoms. The van der Waals surface area contributed by atoms with Crippen molar-refractivity contribution in [1.29, 1.82) is 0 Å². The normalized spacial score (nSPS) is 13.6. The molecule has 0 saturated carbocycles. The van der Waals surface area contributed by atoms with Gasteiger partial charge in [0.1, 0.15) is 0 Å². The van der Waals surface area contributed by atoms with Crippen LogP contribution >= 0.6 is 0 Å². The van der Waals surface area contributed by atoms with Crippen LogP contribution in [0.1, 0.15) is 18.4 Å². The van der Waals surface area contributed by atoms with Crippen molar-refractivity contribution in [3.8, 4) is 0 Å². The summed E-state index contributed by atoms with van der Waals surface area (Å²) in [6.07, 6.45) is 0.787. The zero-order chi connectivity index (χ0) is 21.3. The lowest BCUT2D eigenvalue weighted by Crippen LogP contribution is -2.40. The van der Waals surface area contributed by atoms with Gasteiger partial charge in [0.25, 0.3) is 5.56 Å². The minimum atomic E-state index is -0.470. The molecule has 158 valence electrons. The van der Waals surface area contributed by atoms with Crippen LogP contribution in [0.15, 0.2) is 45.0 Å². The molecule has 0 atom stereocenters. The molecule has 1 aromatic carbocycles. The van der Waals surface area contributed by atoms with Gasteiger partial charge in [-0.2, -0.15) is 10.1 Å². The number of hydrazone groups is 1. The van der Waals surface area contributed by atoms with Crippen LogP contribution in [0.5, 0.6) is 0 Å². The Balaban J connectivity index is 1.92. The van der Waals surface area contributed by atoms with Gasteiger partial charge < -0.3 is 10.2 Å². The standard InChI is InChI=1S/C20H24N6O4/c1-23-17-16(18(29)24(20(23)30)9-5-11-27)25-13-15(14-7-3-2-4-8-14)22-26(10-6-12-28)19(25)21-17/h2-4,7-8,27-28H,5-6,9-13H2,1H3. The van der Waals surface area contributed by atoms with Crippen molar-refractivity contribution >= 4 is 22.8 Å². The van der Waals surface area contributed by atoms with Gasteiger partial charge in [0, 0.05) is 33.4 Å². The average Bonchev–Trinajstić information content (AvgIpc) is 3.16. The maximum Gasteiger partial charge on any atom is 0.332 e. The van der Waals surface area contributed by atoms with E-state index in [1.54, 1.807) is 16.6 Å². The first-order valence-corrected chi connectivity index (χ1v) is 9.89. The molecule has 0 bridgehead atoms. The van der Waals surface area contributed by atoms with Gasteiger partial charge in [-0.05, 0) is 18.4 Å². The van der Waals surface area contributed by atoms with Crippen molar-refractivity contribution in [2.75, 3.05) is 24.8 Å². The molecule has 0 amide bonds. The Labute approximate surface area is 171 Å². The molecule has 1 aliphatic heterocycles. The lowest BCUT2D eigenvalue weighted by atomic mass is 10.1. The molecule has 2 N–H and O–H groups in total. The first-order chi connectivity index (χ1) is 14.6.